The van der Waals surface area contributed by atoms with Crippen LogP contribution in [0.15, 0.2) is 21.6 Å². The molecule has 1 aromatic rings. The maximum atomic E-state index is 5.65. The van der Waals surface area contributed by atoms with Gasteiger partial charge in [-0.1, -0.05) is 0 Å². The number of ether oxygens (including phenoxy) is 3. The number of hydrogen-bond donors (Lipinski definition) is 2. The molecule has 1 aliphatic carbocycles. The maximum Gasteiger partial charge on any atom is 0.231 e. The summed E-state index contributed by atoms with van der Waals surface area (Å²) in [6, 6.07) is 4.00. The first-order valence-electron chi connectivity index (χ1n) is 8.94. The van der Waals surface area contributed by atoms with E-state index >= 15 is 0 Å². The quantitative estimate of drug-likeness (QED) is 0.371. The lowest BCUT2D eigenvalue weighted by Crippen LogP contribution is -2.38. The molecule has 1 heterocycles. The van der Waals surface area contributed by atoms with Crippen LogP contribution < -0.4 is 20.1 Å². The third-order valence-electron chi connectivity index (χ3n) is 4.06. The number of nitrogens with one attached hydrogen (secondary N) is 2. The standard InChI is InChI=1S/C18H26BrN3O3/c1-2-20-18(21-6-3-7-23-11-13-4-5-13)22-10-14-8-15(19)17-16(9-14)24-12-25-17/h8-9,13H,2-7,10-12H2,1H3,(H2,20,21,22). The molecule has 0 atom stereocenters. The number of benzene rings is 1. The first-order valence-corrected chi connectivity index (χ1v) is 9.73. The fourth-order valence-corrected chi connectivity index (χ4v) is 3.14. The fourth-order valence-electron chi connectivity index (χ4n) is 2.54. The van der Waals surface area contributed by atoms with E-state index in [1.165, 1.54) is 12.8 Å². The minimum atomic E-state index is 0.271. The minimum Gasteiger partial charge on any atom is -0.454 e. The summed E-state index contributed by atoms with van der Waals surface area (Å²) in [5, 5.41) is 6.62. The normalized spacial score (nSPS) is 16.2. The smallest absolute Gasteiger partial charge is 0.231 e. The highest BCUT2D eigenvalue weighted by molar-refractivity contribution is 9.10. The van der Waals surface area contributed by atoms with Gasteiger partial charge in [-0.25, -0.2) is 4.99 Å². The van der Waals surface area contributed by atoms with Gasteiger partial charge in [0.1, 0.15) is 0 Å². The van der Waals surface area contributed by atoms with E-state index in [-0.39, 0.29) is 6.79 Å². The summed E-state index contributed by atoms with van der Waals surface area (Å²) in [5.41, 5.74) is 1.07. The Balaban J connectivity index is 1.45. The van der Waals surface area contributed by atoms with Crippen LogP contribution in [0.4, 0.5) is 0 Å². The molecule has 1 aromatic carbocycles. The van der Waals surface area contributed by atoms with Gasteiger partial charge in [0.25, 0.3) is 0 Å². The SMILES string of the molecule is CCNC(=NCc1cc(Br)c2c(c1)OCO2)NCCCOCC1CC1. The van der Waals surface area contributed by atoms with Gasteiger partial charge >= 0.3 is 0 Å². The number of halogens is 1. The van der Waals surface area contributed by atoms with Crippen molar-refractivity contribution in [2.24, 2.45) is 10.9 Å². The average Bonchev–Trinajstić information content (AvgIpc) is 3.30. The Morgan fingerprint density at radius 1 is 1.32 bits per heavy atom. The van der Waals surface area contributed by atoms with E-state index in [1.54, 1.807) is 0 Å². The molecular weight excluding hydrogens is 386 g/mol. The van der Waals surface area contributed by atoms with Crippen LogP contribution in [0.3, 0.4) is 0 Å². The summed E-state index contributed by atoms with van der Waals surface area (Å²) in [5.74, 6) is 3.18. The molecule has 6 nitrogen and oxygen atoms in total. The van der Waals surface area contributed by atoms with Gasteiger partial charge in [-0.3, -0.25) is 0 Å². The van der Waals surface area contributed by atoms with Crippen molar-refractivity contribution in [3.05, 3.63) is 22.2 Å². The number of fused-ring (bicyclic) bond motifs is 1. The lowest BCUT2D eigenvalue weighted by molar-refractivity contribution is 0.123. The molecule has 1 fully saturated rings. The molecule has 2 aliphatic rings. The molecule has 0 radical (unpaired) electrons. The van der Waals surface area contributed by atoms with Crippen LogP contribution in [-0.2, 0) is 11.3 Å². The lowest BCUT2D eigenvalue weighted by atomic mass is 10.2. The second-order valence-corrected chi connectivity index (χ2v) is 7.16. The van der Waals surface area contributed by atoms with Gasteiger partial charge in [-0.2, -0.15) is 0 Å². The molecule has 0 unspecified atom stereocenters. The van der Waals surface area contributed by atoms with E-state index in [0.717, 1.165) is 66.1 Å². The summed E-state index contributed by atoms with van der Waals surface area (Å²) in [6.07, 6.45) is 3.66. The van der Waals surface area contributed by atoms with Crippen LogP contribution in [0.25, 0.3) is 0 Å². The Hall–Kier alpha value is -1.47. The first kappa shape index (κ1) is 18.3. The lowest BCUT2D eigenvalue weighted by Gasteiger charge is -2.11. The van der Waals surface area contributed by atoms with E-state index in [0.29, 0.717) is 6.54 Å². The van der Waals surface area contributed by atoms with Gasteiger partial charge in [-0.05, 0) is 65.7 Å². The molecule has 0 bridgehead atoms. The molecule has 0 aromatic heterocycles. The summed E-state index contributed by atoms with van der Waals surface area (Å²) in [6.45, 7) is 6.31. The Morgan fingerprint density at radius 3 is 3.00 bits per heavy atom. The van der Waals surface area contributed by atoms with E-state index in [1.807, 2.05) is 12.1 Å². The Kier molecular flexibility index (Phi) is 6.81. The third kappa shape index (κ3) is 5.78. The Bertz CT molecular complexity index is 605. The molecule has 0 amide bonds. The highest BCUT2D eigenvalue weighted by atomic mass is 79.9. The topological polar surface area (TPSA) is 64.1 Å². The van der Waals surface area contributed by atoms with Crippen LogP contribution in [-0.4, -0.2) is 39.1 Å². The van der Waals surface area contributed by atoms with Crippen molar-refractivity contribution in [3.63, 3.8) is 0 Å². The van der Waals surface area contributed by atoms with Crippen molar-refractivity contribution in [1.29, 1.82) is 0 Å². The summed E-state index contributed by atoms with van der Waals surface area (Å²) in [7, 11) is 0. The molecular formula is C18H26BrN3O3. The Labute approximate surface area is 157 Å². The van der Waals surface area contributed by atoms with E-state index in [4.69, 9.17) is 14.2 Å². The third-order valence-corrected chi connectivity index (χ3v) is 4.65. The molecule has 0 saturated heterocycles. The van der Waals surface area contributed by atoms with E-state index in [2.05, 4.69) is 38.5 Å². The summed E-state index contributed by atoms with van der Waals surface area (Å²) in [4.78, 5) is 4.64. The van der Waals surface area contributed by atoms with Crippen molar-refractivity contribution in [3.8, 4) is 11.5 Å². The predicted molar refractivity (Wildman–Crippen MR) is 101 cm³/mol. The second kappa shape index (κ2) is 9.29. The molecule has 25 heavy (non-hydrogen) atoms. The zero-order chi connectivity index (χ0) is 17.5. The summed E-state index contributed by atoms with van der Waals surface area (Å²) < 4.78 is 17.4. The predicted octanol–water partition coefficient (Wildman–Crippen LogP) is 3.05. The zero-order valence-corrected chi connectivity index (χ0v) is 16.2. The van der Waals surface area contributed by atoms with E-state index in [9.17, 15) is 0 Å². The number of aliphatic imine (C=N–C) groups is 1. The van der Waals surface area contributed by atoms with Crippen molar-refractivity contribution >= 4 is 21.9 Å². The van der Waals surface area contributed by atoms with Crippen LogP contribution in [0.1, 0.15) is 31.7 Å². The number of hydrogen-bond acceptors (Lipinski definition) is 4. The fraction of sp³-hybridized carbons (Fsp3) is 0.611. The van der Waals surface area contributed by atoms with Gasteiger partial charge in [0.05, 0.1) is 11.0 Å². The van der Waals surface area contributed by atoms with Crippen molar-refractivity contribution in [2.75, 3.05) is 33.1 Å². The second-order valence-electron chi connectivity index (χ2n) is 6.31. The maximum absolute atomic E-state index is 5.65. The van der Waals surface area contributed by atoms with Gasteiger partial charge in [-0.15, -0.1) is 0 Å². The first-order chi connectivity index (χ1) is 12.3. The van der Waals surface area contributed by atoms with Crippen LogP contribution in [0.2, 0.25) is 0 Å². The minimum absolute atomic E-state index is 0.271. The Morgan fingerprint density at radius 2 is 2.20 bits per heavy atom. The summed E-state index contributed by atoms with van der Waals surface area (Å²) >= 11 is 3.52. The average molecular weight is 412 g/mol. The molecule has 0 spiro atoms. The number of guanidine groups is 1. The van der Waals surface area contributed by atoms with Gasteiger partial charge in [0.15, 0.2) is 17.5 Å². The molecule has 1 saturated carbocycles. The molecule has 7 heteroatoms. The molecule has 2 N–H and O–H groups in total. The highest BCUT2D eigenvalue weighted by Crippen LogP contribution is 2.40. The van der Waals surface area contributed by atoms with Crippen molar-refractivity contribution < 1.29 is 14.2 Å². The van der Waals surface area contributed by atoms with Crippen LogP contribution in [0.5, 0.6) is 11.5 Å². The highest BCUT2D eigenvalue weighted by Gasteiger charge is 2.20. The molecule has 3 rings (SSSR count). The monoisotopic (exact) mass is 411 g/mol. The zero-order valence-electron chi connectivity index (χ0n) is 14.6. The van der Waals surface area contributed by atoms with Gasteiger partial charge in [0.2, 0.25) is 6.79 Å². The van der Waals surface area contributed by atoms with Crippen molar-refractivity contribution in [1.82, 2.24) is 10.6 Å². The largest absolute Gasteiger partial charge is 0.454 e. The molecule has 138 valence electrons. The number of nitrogens with zero attached hydrogens (tertiary/aromatic N) is 1. The van der Waals surface area contributed by atoms with E-state index < -0.39 is 0 Å². The van der Waals surface area contributed by atoms with Crippen molar-refractivity contribution in [2.45, 2.75) is 32.7 Å². The van der Waals surface area contributed by atoms with Crippen LogP contribution >= 0.6 is 15.9 Å². The molecule has 1 aliphatic heterocycles. The van der Waals surface area contributed by atoms with Crippen LogP contribution in [0, 0.1) is 5.92 Å². The number of rotatable bonds is 9. The van der Waals surface area contributed by atoms with Gasteiger partial charge < -0.3 is 24.8 Å². The van der Waals surface area contributed by atoms with Gasteiger partial charge in [0, 0.05) is 26.3 Å².